The van der Waals surface area contributed by atoms with Crippen molar-refractivity contribution in [1.82, 2.24) is 0 Å². The van der Waals surface area contributed by atoms with Crippen LogP contribution < -0.4 is 16.0 Å². The molecular weight excluding hydrogens is 226 g/mol. The molecule has 0 radical (unpaired) electrons. The molecular formula is C14H21N3O. The van der Waals surface area contributed by atoms with Crippen LogP contribution in [0.1, 0.15) is 24.0 Å². The first kappa shape index (κ1) is 12.9. The number of nitrogens with zero attached hydrogens (tertiary/aromatic N) is 1. The molecule has 0 fully saturated rings. The van der Waals surface area contributed by atoms with E-state index in [1.54, 1.807) is 0 Å². The largest absolute Gasteiger partial charge is 0.369 e. The molecule has 0 atom stereocenters. The fraction of sp³-hybridized carbons (Fsp3) is 0.500. The van der Waals surface area contributed by atoms with Crippen molar-refractivity contribution in [3.63, 3.8) is 0 Å². The summed E-state index contributed by atoms with van der Waals surface area (Å²) >= 11 is 0. The number of anilines is 2. The van der Waals surface area contributed by atoms with Gasteiger partial charge in [-0.3, -0.25) is 4.79 Å². The number of hydrogen-bond donors (Lipinski definition) is 2. The van der Waals surface area contributed by atoms with Gasteiger partial charge in [-0.1, -0.05) is 6.07 Å². The molecule has 0 unspecified atom stereocenters. The summed E-state index contributed by atoms with van der Waals surface area (Å²) in [4.78, 5) is 14.0. The fourth-order valence-electron chi connectivity index (χ4n) is 2.30. The van der Waals surface area contributed by atoms with E-state index in [1.165, 1.54) is 5.56 Å². The molecule has 4 heteroatoms. The van der Waals surface area contributed by atoms with Crippen molar-refractivity contribution < 1.29 is 4.79 Å². The highest BCUT2D eigenvalue weighted by molar-refractivity contribution is 5.97. The van der Waals surface area contributed by atoms with Crippen LogP contribution in [0, 0.1) is 13.8 Å². The van der Waals surface area contributed by atoms with E-state index >= 15 is 0 Å². The summed E-state index contributed by atoms with van der Waals surface area (Å²) < 4.78 is 0. The lowest BCUT2D eigenvalue weighted by molar-refractivity contribution is -0.115. The average Bonchev–Trinajstić information content (AvgIpc) is 2.51. The molecule has 0 spiro atoms. The van der Waals surface area contributed by atoms with Crippen LogP contribution in [0.2, 0.25) is 0 Å². The Kier molecular flexibility index (Phi) is 3.87. The molecule has 4 nitrogen and oxygen atoms in total. The number of nitrogens with one attached hydrogen (secondary N) is 1. The summed E-state index contributed by atoms with van der Waals surface area (Å²) in [6.07, 6.45) is 1.48. The Morgan fingerprint density at radius 2 is 2.17 bits per heavy atom. The van der Waals surface area contributed by atoms with E-state index in [0.29, 0.717) is 13.0 Å². The molecule has 0 bridgehead atoms. The maximum atomic E-state index is 11.8. The lowest BCUT2D eigenvalue weighted by Gasteiger charge is -2.25. The number of fused-ring (bicyclic) bond motifs is 1. The van der Waals surface area contributed by atoms with Crippen molar-refractivity contribution in [3.05, 3.63) is 23.3 Å². The third kappa shape index (κ3) is 2.48. The SMILES string of the molecule is Cc1ccc2c(c1C)NC(=O)CCN2CCCN. The van der Waals surface area contributed by atoms with Crippen LogP contribution in [0.3, 0.4) is 0 Å². The highest BCUT2D eigenvalue weighted by Crippen LogP contribution is 2.33. The Morgan fingerprint density at radius 3 is 2.89 bits per heavy atom. The molecule has 98 valence electrons. The van der Waals surface area contributed by atoms with Gasteiger partial charge in [0.05, 0.1) is 11.4 Å². The first-order valence-corrected chi connectivity index (χ1v) is 6.48. The number of rotatable bonds is 3. The number of carbonyl (C=O) groups is 1. The fourth-order valence-corrected chi connectivity index (χ4v) is 2.30. The van der Waals surface area contributed by atoms with Gasteiger partial charge in [0.15, 0.2) is 0 Å². The third-order valence-electron chi connectivity index (χ3n) is 3.56. The van der Waals surface area contributed by atoms with E-state index in [2.05, 4.69) is 36.2 Å². The second-order valence-electron chi connectivity index (χ2n) is 4.83. The maximum absolute atomic E-state index is 11.8. The van der Waals surface area contributed by atoms with Gasteiger partial charge in [0, 0.05) is 19.5 Å². The maximum Gasteiger partial charge on any atom is 0.226 e. The Balaban J connectivity index is 2.39. The lowest BCUT2D eigenvalue weighted by atomic mass is 10.1. The van der Waals surface area contributed by atoms with Crippen LogP contribution in [0.25, 0.3) is 0 Å². The molecule has 0 aliphatic carbocycles. The zero-order chi connectivity index (χ0) is 13.1. The van der Waals surface area contributed by atoms with Crippen LogP contribution in [0.4, 0.5) is 11.4 Å². The highest BCUT2D eigenvalue weighted by atomic mass is 16.1. The summed E-state index contributed by atoms with van der Waals surface area (Å²) in [7, 11) is 0. The molecule has 0 saturated heterocycles. The van der Waals surface area contributed by atoms with Gasteiger partial charge in [0.2, 0.25) is 5.91 Å². The van der Waals surface area contributed by atoms with Crippen LogP contribution in [-0.2, 0) is 4.79 Å². The van der Waals surface area contributed by atoms with E-state index in [-0.39, 0.29) is 5.91 Å². The average molecular weight is 247 g/mol. The topological polar surface area (TPSA) is 58.4 Å². The first-order valence-electron chi connectivity index (χ1n) is 6.48. The van der Waals surface area contributed by atoms with Crippen molar-refractivity contribution in [1.29, 1.82) is 0 Å². The molecule has 3 N–H and O–H groups in total. The van der Waals surface area contributed by atoms with Gasteiger partial charge in [-0.25, -0.2) is 0 Å². The zero-order valence-electron chi connectivity index (χ0n) is 11.1. The van der Waals surface area contributed by atoms with E-state index in [1.807, 2.05) is 0 Å². The normalized spacial score (nSPS) is 15.1. The van der Waals surface area contributed by atoms with Crippen LogP contribution in [-0.4, -0.2) is 25.5 Å². The second-order valence-corrected chi connectivity index (χ2v) is 4.83. The molecule has 1 amide bonds. The zero-order valence-corrected chi connectivity index (χ0v) is 11.1. The third-order valence-corrected chi connectivity index (χ3v) is 3.56. The first-order chi connectivity index (χ1) is 8.63. The number of benzene rings is 1. The lowest BCUT2D eigenvalue weighted by Crippen LogP contribution is -2.27. The summed E-state index contributed by atoms with van der Waals surface area (Å²) in [6.45, 7) is 6.47. The molecule has 1 aliphatic heterocycles. The molecule has 0 aromatic heterocycles. The minimum atomic E-state index is 0.0974. The van der Waals surface area contributed by atoms with E-state index in [4.69, 9.17) is 5.73 Å². The predicted molar refractivity (Wildman–Crippen MR) is 75.0 cm³/mol. The van der Waals surface area contributed by atoms with Crippen molar-refractivity contribution in [3.8, 4) is 0 Å². The Bertz CT molecular complexity index is 457. The predicted octanol–water partition coefficient (Wildman–Crippen LogP) is 1.80. The van der Waals surface area contributed by atoms with E-state index in [0.717, 1.165) is 36.4 Å². The minimum absolute atomic E-state index is 0.0974. The van der Waals surface area contributed by atoms with Gasteiger partial charge in [-0.05, 0) is 44.0 Å². The molecule has 18 heavy (non-hydrogen) atoms. The Morgan fingerprint density at radius 1 is 1.39 bits per heavy atom. The van der Waals surface area contributed by atoms with Gasteiger partial charge in [-0.2, -0.15) is 0 Å². The molecule has 1 aliphatic rings. The van der Waals surface area contributed by atoms with Crippen LogP contribution >= 0.6 is 0 Å². The van der Waals surface area contributed by atoms with Crippen molar-refractivity contribution >= 4 is 17.3 Å². The van der Waals surface area contributed by atoms with E-state index in [9.17, 15) is 4.79 Å². The summed E-state index contributed by atoms with van der Waals surface area (Å²) in [6, 6.07) is 4.21. The molecule has 2 rings (SSSR count). The van der Waals surface area contributed by atoms with Gasteiger partial charge in [0.1, 0.15) is 0 Å². The number of nitrogens with two attached hydrogens (primary N) is 1. The van der Waals surface area contributed by atoms with Crippen LogP contribution in [0.15, 0.2) is 12.1 Å². The van der Waals surface area contributed by atoms with Crippen molar-refractivity contribution in [2.45, 2.75) is 26.7 Å². The Labute approximate surface area is 108 Å². The quantitative estimate of drug-likeness (QED) is 0.856. The van der Waals surface area contributed by atoms with Crippen molar-refractivity contribution in [2.24, 2.45) is 5.73 Å². The van der Waals surface area contributed by atoms with Crippen LogP contribution in [0.5, 0.6) is 0 Å². The number of hydrogen-bond acceptors (Lipinski definition) is 3. The summed E-state index contributed by atoms with van der Waals surface area (Å²) in [5, 5.41) is 3.03. The highest BCUT2D eigenvalue weighted by Gasteiger charge is 2.20. The number of carbonyl (C=O) groups excluding carboxylic acids is 1. The minimum Gasteiger partial charge on any atom is -0.369 e. The monoisotopic (exact) mass is 247 g/mol. The molecule has 0 saturated carbocycles. The smallest absolute Gasteiger partial charge is 0.226 e. The molecule has 1 aromatic carbocycles. The van der Waals surface area contributed by atoms with Gasteiger partial charge >= 0.3 is 0 Å². The summed E-state index contributed by atoms with van der Waals surface area (Å²) in [5.41, 5.74) is 10.0. The van der Waals surface area contributed by atoms with Crippen molar-refractivity contribution in [2.75, 3.05) is 29.9 Å². The number of amides is 1. The standard InChI is InChI=1S/C14H21N3O/c1-10-4-5-12-14(11(10)2)16-13(18)6-9-17(12)8-3-7-15/h4-5H,3,6-9,15H2,1-2H3,(H,16,18). The van der Waals surface area contributed by atoms with Gasteiger partial charge in [-0.15, -0.1) is 0 Å². The van der Waals surface area contributed by atoms with E-state index < -0.39 is 0 Å². The second kappa shape index (κ2) is 5.40. The van der Waals surface area contributed by atoms with Gasteiger partial charge < -0.3 is 16.0 Å². The Hall–Kier alpha value is -1.55. The number of aryl methyl sites for hydroxylation is 1. The summed E-state index contributed by atoms with van der Waals surface area (Å²) in [5.74, 6) is 0.0974. The molecule has 1 heterocycles. The van der Waals surface area contributed by atoms with Gasteiger partial charge in [0.25, 0.3) is 0 Å². The molecule has 1 aromatic rings.